The van der Waals surface area contributed by atoms with Crippen LogP contribution >= 0.6 is 0 Å². The van der Waals surface area contributed by atoms with Gasteiger partial charge in [-0.2, -0.15) is 0 Å². The monoisotopic (exact) mass is 375 g/mol. The zero-order chi connectivity index (χ0) is 3.58. The van der Waals surface area contributed by atoms with Gasteiger partial charge in [-0.3, -0.25) is 4.21 Å². The van der Waals surface area contributed by atoms with Crippen molar-refractivity contribution in [1.29, 1.82) is 0 Å². The third kappa shape index (κ3) is 50.9. The molecule has 44 valence electrons. The Morgan fingerprint density at radius 3 is 1.33 bits per heavy atom. The zero-order valence-corrected chi connectivity index (χ0v) is 8.31. The Morgan fingerprint density at radius 2 is 1.33 bits per heavy atom. The third-order valence-electron chi connectivity index (χ3n) is 0. The standard InChI is InChI=1S/C2H6OS.Pt.Ru/c1-4(2)3;;/h1-2H3;;. The molecule has 0 aliphatic heterocycles. The SMILES string of the molecule is CS(C)=O.[Pt].[Ru]. The smallest absolute Gasteiger partial charge is 0.0148 e. The van der Waals surface area contributed by atoms with Crippen LogP contribution in [-0.4, -0.2) is 16.7 Å². The van der Waals surface area contributed by atoms with E-state index in [0.717, 1.165) is 0 Å². The predicted octanol–water partition coefficient (Wildman–Crippen LogP) is -0.0103. The first kappa shape index (κ1) is 15.7. The molecule has 0 aliphatic rings. The fraction of sp³-hybridized carbons (Fsp3) is 1.00. The van der Waals surface area contributed by atoms with Crippen LogP contribution in [-0.2, 0) is 51.3 Å². The molecule has 0 aromatic rings. The quantitative estimate of drug-likeness (QED) is 0.546. The summed E-state index contributed by atoms with van der Waals surface area (Å²) >= 11 is 0. The first-order chi connectivity index (χ1) is 1.73. The first-order valence-electron chi connectivity index (χ1n) is 0.983. The number of hydrogen-bond acceptors (Lipinski definition) is 1. The second kappa shape index (κ2) is 9.68. The van der Waals surface area contributed by atoms with Crippen LogP contribution in [0.15, 0.2) is 0 Å². The van der Waals surface area contributed by atoms with Gasteiger partial charge in [0.15, 0.2) is 0 Å². The molecular weight excluding hydrogens is 368 g/mol. The van der Waals surface area contributed by atoms with E-state index in [9.17, 15) is 4.21 Å². The fourth-order valence-corrected chi connectivity index (χ4v) is 0. The molecule has 1 nitrogen and oxygen atoms in total. The first-order valence-corrected chi connectivity index (χ1v) is 2.95. The van der Waals surface area contributed by atoms with Crippen molar-refractivity contribution in [3.8, 4) is 0 Å². The number of hydrogen-bond donors (Lipinski definition) is 0. The molecule has 0 rings (SSSR count). The molecule has 0 heterocycles. The van der Waals surface area contributed by atoms with Crippen LogP contribution in [0.1, 0.15) is 0 Å². The van der Waals surface area contributed by atoms with Crippen LogP contribution in [0.5, 0.6) is 0 Å². The van der Waals surface area contributed by atoms with Crippen LogP contribution in [0.4, 0.5) is 0 Å². The van der Waals surface area contributed by atoms with Gasteiger partial charge < -0.3 is 0 Å². The van der Waals surface area contributed by atoms with E-state index in [0.29, 0.717) is 0 Å². The molecule has 0 unspecified atom stereocenters. The summed E-state index contributed by atoms with van der Waals surface area (Å²) in [6.07, 6.45) is 3.28. The van der Waals surface area contributed by atoms with Gasteiger partial charge in [0, 0.05) is 63.9 Å². The van der Waals surface area contributed by atoms with Crippen molar-refractivity contribution < 1.29 is 44.8 Å². The molecule has 0 saturated heterocycles. The topological polar surface area (TPSA) is 17.1 Å². The van der Waals surface area contributed by atoms with E-state index in [1.807, 2.05) is 0 Å². The minimum Gasteiger partial charge on any atom is -0.260 e. The Balaban J connectivity index is -0.0000000450. The largest absolute Gasteiger partial charge is 0.260 e. The summed E-state index contributed by atoms with van der Waals surface area (Å²) in [4.78, 5) is 0. The minimum absolute atomic E-state index is 0. The summed E-state index contributed by atoms with van der Waals surface area (Å²) in [6.45, 7) is 0. The molecule has 6 heavy (non-hydrogen) atoms. The molecule has 0 aliphatic carbocycles. The average molecular weight is 374 g/mol. The molecule has 0 amide bonds. The van der Waals surface area contributed by atoms with Gasteiger partial charge in [-0.15, -0.1) is 0 Å². The van der Waals surface area contributed by atoms with Crippen molar-refractivity contribution in [2.45, 2.75) is 0 Å². The maximum Gasteiger partial charge on any atom is 0.0148 e. The summed E-state index contributed by atoms with van der Waals surface area (Å²) in [5.74, 6) is 0. The van der Waals surface area contributed by atoms with Crippen molar-refractivity contribution in [2.75, 3.05) is 12.5 Å². The summed E-state index contributed by atoms with van der Waals surface area (Å²) in [5.41, 5.74) is 0. The van der Waals surface area contributed by atoms with Gasteiger partial charge in [0.25, 0.3) is 0 Å². The van der Waals surface area contributed by atoms with Crippen molar-refractivity contribution >= 4 is 10.8 Å². The van der Waals surface area contributed by atoms with Gasteiger partial charge in [-0.1, -0.05) is 0 Å². The van der Waals surface area contributed by atoms with E-state index in [2.05, 4.69) is 0 Å². The zero-order valence-electron chi connectivity index (χ0n) is 3.49. The third-order valence-corrected chi connectivity index (χ3v) is 0. The van der Waals surface area contributed by atoms with Crippen LogP contribution in [0, 0.1) is 0 Å². The molecule has 0 bridgehead atoms. The van der Waals surface area contributed by atoms with E-state index in [4.69, 9.17) is 0 Å². The maximum atomic E-state index is 9.56. The van der Waals surface area contributed by atoms with Gasteiger partial charge >= 0.3 is 0 Å². The van der Waals surface area contributed by atoms with E-state index in [-0.39, 0.29) is 40.5 Å². The van der Waals surface area contributed by atoms with E-state index in [1.165, 1.54) is 0 Å². The number of rotatable bonds is 0. The van der Waals surface area contributed by atoms with Crippen molar-refractivity contribution in [2.24, 2.45) is 0 Å². The summed E-state index contributed by atoms with van der Waals surface area (Å²) < 4.78 is 9.56. The van der Waals surface area contributed by atoms with Gasteiger partial charge in [0.2, 0.25) is 0 Å². The van der Waals surface area contributed by atoms with E-state index < -0.39 is 10.8 Å². The molecule has 0 fully saturated rings. The van der Waals surface area contributed by atoms with E-state index in [1.54, 1.807) is 12.5 Å². The maximum absolute atomic E-state index is 9.56. The molecular formula is C2H6OPtRuS. The summed E-state index contributed by atoms with van der Waals surface area (Å²) in [5, 5.41) is 0. The molecule has 0 atom stereocenters. The van der Waals surface area contributed by atoms with E-state index >= 15 is 0 Å². The second-order valence-electron chi connectivity index (χ2n) is 0.742. The predicted molar refractivity (Wildman–Crippen MR) is 20.0 cm³/mol. The van der Waals surface area contributed by atoms with Crippen LogP contribution in [0.2, 0.25) is 0 Å². The Kier molecular flexibility index (Phi) is 25.3. The van der Waals surface area contributed by atoms with Crippen molar-refractivity contribution in [1.82, 2.24) is 0 Å². The van der Waals surface area contributed by atoms with Crippen molar-refractivity contribution in [3.05, 3.63) is 0 Å². The normalized spacial score (nSPS) is 5.83. The Hall–Kier alpha value is 1.46. The Morgan fingerprint density at radius 1 is 1.33 bits per heavy atom. The fourth-order valence-electron chi connectivity index (χ4n) is 0. The summed E-state index contributed by atoms with van der Waals surface area (Å²) in [6, 6.07) is 0. The van der Waals surface area contributed by atoms with Crippen LogP contribution in [0.3, 0.4) is 0 Å². The van der Waals surface area contributed by atoms with Crippen molar-refractivity contribution in [3.63, 3.8) is 0 Å². The average Bonchev–Trinajstić information content (AvgIpc) is 0.811. The summed E-state index contributed by atoms with van der Waals surface area (Å²) in [7, 11) is -0.611. The van der Waals surface area contributed by atoms with Gasteiger partial charge in [0.1, 0.15) is 0 Å². The van der Waals surface area contributed by atoms with Gasteiger partial charge in [-0.05, 0) is 0 Å². The molecule has 0 aromatic heterocycles. The molecule has 0 radical (unpaired) electrons. The molecule has 0 spiro atoms. The molecule has 4 heteroatoms. The second-order valence-corrected chi connectivity index (χ2v) is 2.22. The van der Waals surface area contributed by atoms with Crippen LogP contribution < -0.4 is 0 Å². The van der Waals surface area contributed by atoms with Gasteiger partial charge in [0.05, 0.1) is 0 Å². The molecule has 0 N–H and O–H groups in total. The Bertz CT molecular complexity index is 36.5. The van der Waals surface area contributed by atoms with Crippen LogP contribution in [0.25, 0.3) is 0 Å². The van der Waals surface area contributed by atoms with Gasteiger partial charge in [-0.25, -0.2) is 0 Å². The Labute approximate surface area is 67.7 Å². The molecule has 0 aromatic carbocycles. The minimum atomic E-state index is -0.611. The molecule has 0 saturated carbocycles.